The van der Waals surface area contributed by atoms with Crippen LogP contribution in [0.1, 0.15) is 54.4 Å². The monoisotopic (exact) mass is 458 g/mol. The summed E-state index contributed by atoms with van der Waals surface area (Å²) < 4.78 is 31.6. The largest absolute Gasteiger partial charge is 0.414 e. The third-order valence-electron chi connectivity index (χ3n) is 7.40. The molecule has 0 bridgehead atoms. The molecule has 7 heteroatoms. The first-order chi connectivity index (χ1) is 13.6. The zero-order chi connectivity index (χ0) is 22.8. The van der Waals surface area contributed by atoms with Crippen molar-refractivity contribution in [2.24, 2.45) is 0 Å². The minimum absolute atomic E-state index is 0.0250. The summed E-state index contributed by atoms with van der Waals surface area (Å²) in [6, 6.07) is 0. The average Bonchev–Trinajstić information content (AvgIpc) is 2.67. The van der Waals surface area contributed by atoms with Crippen LogP contribution in [0.25, 0.3) is 0 Å². The molecule has 2 aliphatic rings. The van der Waals surface area contributed by atoms with Gasteiger partial charge in [-0.3, -0.25) is 0 Å². The highest BCUT2D eigenvalue weighted by Gasteiger charge is 2.44. The fraction of sp³-hybridized carbons (Fsp3) is 0.913. The van der Waals surface area contributed by atoms with Gasteiger partial charge in [-0.2, -0.15) is 0 Å². The number of fused-ring (bicyclic) bond motifs is 1. The molecule has 1 fully saturated rings. The fourth-order valence-electron chi connectivity index (χ4n) is 3.12. The first-order valence-corrected chi connectivity index (χ1v) is 17.3. The van der Waals surface area contributed by atoms with E-state index in [9.17, 15) is 0 Å². The lowest BCUT2D eigenvalue weighted by molar-refractivity contribution is -0.228. The normalized spacial score (nSPS) is 30.7. The van der Waals surface area contributed by atoms with Crippen LogP contribution in [0.2, 0.25) is 36.3 Å². The second kappa shape index (κ2) is 9.85. The molecule has 2 heterocycles. The molecule has 176 valence electrons. The topological polar surface area (TPSA) is 46.2 Å². The van der Waals surface area contributed by atoms with Gasteiger partial charge in [-0.05, 0) is 49.1 Å². The van der Waals surface area contributed by atoms with Crippen LogP contribution in [-0.2, 0) is 23.1 Å². The first-order valence-electron chi connectivity index (χ1n) is 11.5. The van der Waals surface area contributed by atoms with E-state index in [1.54, 1.807) is 0 Å². The van der Waals surface area contributed by atoms with Gasteiger partial charge in [0.1, 0.15) is 19.0 Å². The van der Waals surface area contributed by atoms with Crippen LogP contribution in [0.5, 0.6) is 0 Å². The SMILES string of the molecule is CC(C)(C)[Si](C)(C)OC[C@@H]1O[C@@H]2COCO[C@H]2C/C=C\C[C@H]1O[Si](C)(C)C(C)(C)C. The van der Waals surface area contributed by atoms with Crippen LogP contribution < -0.4 is 0 Å². The van der Waals surface area contributed by atoms with E-state index in [0.29, 0.717) is 20.0 Å². The zero-order valence-electron chi connectivity index (χ0n) is 21.0. The maximum atomic E-state index is 6.89. The third-order valence-corrected chi connectivity index (χ3v) is 16.4. The van der Waals surface area contributed by atoms with Crippen molar-refractivity contribution in [3.8, 4) is 0 Å². The van der Waals surface area contributed by atoms with E-state index < -0.39 is 16.6 Å². The molecule has 1 saturated heterocycles. The maximum Gasteiger partial charge on any atom is 0.192 e. The highest BCUT2D eigenvalue weighted by molar-refractivity contribution is 6.74. The second-order valence-electron chi connectivity index (χ2n) is 11.8. The van der Waals surface area contributed by atoms with Crippen molar-refractivity contribution in [1.29, 1.82) is 0 Å². The Hall–Kier alpha value is -0.0262. The molecule has 0 aliphatic carbocycles. The van der Waals surface area contributed by atoms with E-state index in [1.165, 1.54) is 0 Å². The summed E-state index contributed by atoms with van der Waals surface area (Å²) in [5, 5.41) is 0.292. The quantitative estimate of drug-likeness (QED) is 0.380. The lowest BCUT2D eigenvalue weighted by Gasteiger charge is -2.43. The molecular formula is C23H46O5Si2. The summed E-state index contributed by atoms with van der Waals surface area (Å²) in [5.41, 5.74) is 0. The molecule has 4 atom stereocenters. The van der Waals surface area contributed by atoms with E-state index in [-0.39, 0.29) is 34.5 Å². The van der Waals surface area contributed by atoms with Crippen molar-refractivity contribution in [3.63, 3.8) is 0 Å². The van der Waals surface area contributed by atoms with Gasteiger partial charge in [0.05, 0.1) is 25.4 Å². The number of ether oxygens (including phenoxy) is 3. The molecule has 0 unspecified atom stereocenters. The lowest BCUT2D eigenvalue weighted by Crippen LogP contribution is -2.52. The molecule has 2 aliphatic heterocycles. The van der Waals surface area contributed by atoms with Gasteiger partial charge in [-0.1, -0.05) is 53.7 Å². The second-order valence-corrected chi connectivity index (χ2v) is 21.4. The Labute approximate surface area is 187 Å². The van der Waals surface area contributed by atoms with Gasteiger partial charge in [0, 0.05) is 0 Å². The summed E-state index contributed by atoms with van der Waals surface area (Å²) >= 11 is 0. The van der Waals surface area contributed by atoms with Crippen molar-refractivity contribution in [3.05, 3.63) is 12.2 Å². The molecule has 0 radical (unpaired) electrons. The summed E-state index contributed by atoms with van der Waals surface area (Å²) in [6.07, 6.45) is 5.88. The minimum atomic E-state index is -1.97. The Morgan fingerprint density at radius 1 is 0.867 bits per heavy atom. The molecule has 30 heavy (non-hydrogen) atoms. The third kappa shape index (κ3) is 6.73. The molecule has 5 nitrogen and oxygen atoms in total. The zero-order valence-corrected chi connectivity index (χ0v) is 23.0. The van der Waals surface area contributed by atoms with E-state index in [1.807, 2.05) is 0 Å². The molecule has 0 aromatic carbocycles. The fourth-order valence-corrected chi connectivity index (χ4v) is 5.49. The van der Waals surface area contributed by atoms with E-state index >= 15 is 0 Å². The highest BCUT2D eigenvalue weighted by Crippen LogP contribution is 2.40. The Bertz CT molecular complexity index is 577. The van der Waals surface area contributed by atoms with Gasteiger partial charge in [-0.25, -0.2) is 0 Å². The van der Waals surface area contributed by atoms with Crippen LogP contribution in [-0.4, -0.2) is 61.1 Å². The van der Waals surface area contributed by atoms with Gasteiger partial charge in [0.2, 0.25) is 0 Å². The van der Waals surface area contributed by atoms with Crippen molar-refractivity contribution < 1.29 is 23.1 Å². The van der Waals surface area contributed by atoms with Crippen molar-refractivity contribution in [2.45, 2.75) is 115 Å². The summed E-state index contributed by atoms with van der Waals surface area (Å²) in [5.74, 6) is 0. The highest BCUT2D eigenvalue weighted by atomic mass is 28.4. The van der Waals surface area contributed by atoms with Crippen molar-refractivity contribution in [1.82, 2.24) is 0 Å². The number of hydrogen-bond donors (Lipinski definition) is 0. The molecular weight excluding hydrogens is 412 g/mol. The standard InChI is InChI=1S/C23H46O5Si2/c1-22(2,3)29(7,8)26-16-21-19(28-30(9,10)23(4,5)6)14-12-11-13-18-20(27-21)15-24-17-25-18/h11-12,18-21H,13-17H2,1-10H3/b12-11-/t18-,19+,20+,21-/m0/s1. The van der Waals surface area contributed by atoms with Crippen LogP contribution in [0.15, 0.2) is 12.2 Å². The summed E-state index contributed by atoms with van der Waals surface area (Å²) in [6.45, 7) is 24.3. The Morgan fingerprint density at radius 3 is 2.07 bits per heavy atom. The smallest absolute Gasteiger partial charge is 0.192 e. The predicted molar refractivity (Wildman–Crippen MR) is 128 cm³/mol. The van der Waals surface area contributed by atoms with Gasteiger partial charge < -0.3 is 23.1 Å². The number of rotatable bonds is 5. The number of hydrogen-bond acceptors (Lipinski definition) is 5. The van der Waals surface area contributed by atoms with Gasteiger partial charge in [0.25, 0.3) is 0 Å². The molecule has 0 amide bonds. The molecule has 0 aromatic heterocycles. The molecule has 2 rings (SSSR count). The Balaban J connectivity index is 2.27. The predicted octanol–water partition coefficient (Wildman–Crippen LogP) is 5.88. The minimum Gasteiger partial charge on any atom is -0.414 e. The molecule has 0 N–H and O–H groups in total. The van der Waals surface area contributed by atoms with Crippen LogP contribution in [0, 0.1) is 0 Å². The van der Waals surface area contributed by atoms with E-state index in [0.717, 1.165) is 12.8 Å². The Kier molecular flexibility index (Phi) is 8.61. The van der Waals surface area contributed by atoms with E-state index in [4.69, 9.17) is 23.1 Å². The first kappa shape index (κ1) is 26.2. The van der Waals surface area contributed by atoms with Gasteiger partial charge in [-0.15, -0.1) is 0 Å². The summed E-state index contributed by atoms with van der Waals surface area (Å²) in [7, 11) is -3.87. The maximum absolute atomic E-state index is 6.89. The molecule has 0 spiro atoms. The van der Waals surface area contributed by atoms with E-state index in [2.05, 4.69) is 79.9 Å². The van der Waals surface area contributed by atoms with Crippen molar-refractivity contribution in [2.75, 3.05) is 20.0 Å². The average molecular weight is 459 g/mol. The van der Waals surface area contributed by atoms with Crippen molar-refractivity contribution >= 4 is 16.6 Å². The van der Waals surface area contributed by atoms with Crippen LogP contribution in [0.3, 0.4) is 0 Å². The molecule has 0 saturated carbocycles. The van der Waals surface area contributed by atoms with Gasteiger partial charge in [0.15, 0.2) is 16.6 Å². The van der Waals surface area contributed by atoms with Crippen LogP contribution in [0.4, 0.5) is 0 Å². The Morgan fingerprint density at radius 2 is 1.47 bits per heavy atom. The molecule has 0 aromatic rings. The van der Waals surface area contributed by atoms with Crippen LogP contribution >= 0.6 is 0 Å². The summed E-state index contributed by atoms with van der Waals surface area (Å²) in [4.78, 5) is 0. The van der Waals surface area contributed by atoms with Gasteiger partial charge >= 0.3 is 0 Å². The lowest BCUT2D eigenvalue weighted by atomic mass is 10.1.